The number of amides is 1. The van der Waals surface area contributed by atoms with Crippen LogP contribution in [0.2, 0.25) is 0 Å². The lowest BCUT2D eigenvalue weighted by Crippen LogP contribution is -2.56. The van der Waals surface area contributed by atoms with Crippen LogP contribution in [0.15, 0.2) is 24.3 Å². The van der Waals surface area contributed by atoms with Gasteiger partial charge in [0.05, 0.1) is 11.5 Å². The molecule has 1 aromatic carbocycles. The zero-order valence-electron chi connectivity index (χ0n) is 9.71. The first kappa shape index (κ1) is 11.1. The molecule has 1 aromatic rings. The van der Waals surface area contributed by atoms with Gasteiger partial charge in [0.25, 0.3) is 0 Å². The third-order valence-electron chi connectivity index (χ3n) is 4.13. The Hall–Kier alpha value is -1.02. The van der Waals surface area contributed by atoms with Crippen LogP contribution < -0.4 is 5.32 Å². The standard InChI is InChI=1S/C14H16ClNO/c15-9-14(6-3-7-14)16-13(17)12-8-10-4-1-2-5-11(10)12/h1-2,4-5,12H,3,6-9H2,(H,16,17). The van der Waals surface area contributed by atoms with Crippen LogP contribution in [0.5, 0.6) is 0 Å². The van der Waals surface area contributed by atoms with Crippen molar-refractivity contribution < 1.29 is 4.79 Å². The van der Waals surface area contributed by atoms with E-state index in [1.54, 1.807) is 0 Å². The van der Waals surface area contributed by atoms with Gasteiger partial charge in [0.1, 0.15) is 0 Å². The average Bonchev–Trinajstić information content (AvgIpc) is 2.25. The molecular formula is C14H16ClNO. The summed E-state index contributed by atoms with van der Waals surface area (Å²) < 4.78 is 0. The van der Waals surface area contributed by atoms with Crippen molar-refractivity contribution in [3.8, 4) is 0 Å². The monoisotopic (exact) mass is 249 g/mol. The van der Waals surface area contributed by atoms with Crippen LogP contribution in [0.25, 0.3) is 0 Å². The smallest absolute Gasteiger partial charge is 0.228 e. The lowest BCUT2D eigenvalue weighted by atomic mass is 9.74. The van der Waals surface area contributed by atoms with Crippen molar-refractivity contribution in [1.29, 1.82) is 0 Å². The van der Waals surface area contributed by atoms with Crippen molar-refractivity contribution in [1.82, 2.24) is 5.32 Å². The number of benzene rings is 1. The molecule has 1 N–H and O–H groups in total. The zero-order valence-corrected chi connectivity index (χ0v) is 10.5. The molecule has 17 heavy (non-hydrogen) atoms. The van der Waals surface area contributed by atoms with E-state index in [1.165, 1.54) is 17.5 Å². The van der Waals surface area contributed by atoms with E-state index in [2.05, 4.69) is 17.4 Å². The first-order valence-corrected chi connectivity index (χ1v) is 6.73. The normalized spacial score (nSPS) is 24.2. The molecule has 3 heteroatoms. The summed E-state index contributed by atoms with van der Waals surface area (Å²) in [5.41, 5.74) is 2.39. The summed E-state index contributed by atoms with van der Waals surface area (Å²) in [5, 5.41) is 3.15. The highest BCUT2D eigenvalue weighted by atomic mass is 35.5. The van der Waals surface area contributed by atoms with Gasteiger partial charge in [0, 0.05) is 5.88 Å². The first-order chi connectivity index (χ1) is 8.24. The molecule has 2 aliphatic rings. The van der Waals surface area contributed by atoms with Crippen molar-refractivity contribution in [2.24, 2.45) is 0 Å². The molecule has 0 heterocycles. The molecule has 0 radical (unpaired) electrons. The van der Waals surface area contributed by atoms with Crippen LogP contribution in [0, 0.1) is 0 Å². The fraction of sp³-hybridized carbons (Fsp3) is 0.500. The van der Waals surface area contributed by atoms with Crippen LogP contribution in [0.3, 0.4) is 0 Å². The van der Waals surface area contributed by atoms with Gasteiger partial charge in [0.15, 0.2) is 0 Å². The van der Waals surface area contributed by atoms with Gasteiger partial charge in [-0.3, -0.25) is 4.79 Å². The van der Waals surface area contributed by atoms with Crippen LogP contribution in [0.1, 0.15) is 36.3 Å². The zero-order chi connectivity index (χ0) is 11.9. The summed E-state index contributed by atoms with van der Waals surface area (Å²) in [6, 6.07) is 8.18. The second kappa shape index (κ2) is 4.02. The van der Waals surface area contributed by atoms with Crippen molar-refractivity contribution in [2.45, 2.75) is 37.1 Å². The molecular weight excluding hydrogens is 234 g/mol. The SMILES string of the molecule is O=C(NC1(CCl)CCC1)C1Cc2ccccc21. The highest BCUT2D eigenvalue weighted by molar-refractivity contribution is 6.19. The number of carbonyl (C=O) groups is 1. The summed E-state index contributed by atoms with van der Waals surface area (Å²) in [4.78, 5) is 12.2. The third kappa shape index (κ3) is 1.75. The highest BCUT2D eigenvalue weighted by Crippen LogP contribution is 2.38. The Morgan fingerprint density at radius 2 is 2.18 bits per heavy atom. The van der Waals surface area contributed by atoms with E-state index >= 15 is 0 Å². The van der Waals surface area contributed by atoms with Gasteiger partial charge in [-0.1, -0.05) is 24.3 Å². The fourth-order valence-electron chi connectivity index (χ4n) is 2.74. The quantitative estimate of drug-likeness (QED) is 0.820. The topological polar surface area (TPSA) is 29.1 Å². The number of hydrogen-bond donors (Lipinski definition) is 1. The molecule has 0 saturated heterocycles. The van der Waals surface area contributed by atoms with E-state index < -0.39 is 0 Å². The largest absolute Gasteiger partial charge is 0.349 e. The Bertz CT molecular complexity index is 448. The summed E-state index contributed by atoms with van der Waals surface area (Å²) in [6.07, 6.45) is 4.10. The predicted octanol–water partition coefficient (Wildman–Crippen LogP) is 2.60. The molecule has 2 nitrogen and oxygen atoms in total. The summed E-state index contributed by atoms with van der Waals surface area (Å²) in [7, 11) is 0. The highest BCUT2D eigenvalue weighted by Gasteiger charge is 2.41. The van der Waals surface area contributed by atoms with Crippen LogP contribution in [-0.4, -0.2) is 17.3 Å². The van der Waals surface area contributed by atoms with Crippen molar-refractivity contribution in [2.75, 3.05) is 5.88 Å². The van der Waals surface area contributed by atoms with E-state index in [0.29, 0.717) is 5.88 Å². The van der Waals surface area contributed by atoms with E-state index in [4.69, 9.17) is 11.6 Å². The maximum Gasteiger partial charge on any atom is 0.228 e. The molecule has 1 atom stereocenters. The maximum absolute atomic E-state index is 12.2. The van der Waals surface area contributed by atoms with Crippen LogP contribution in [-0.2, 0) is 11.2 Å². The average molecular weight is 250 g/mol. The van der Waals surface area contributed by atoms with Gasteiger partial charge in [-0.25, -0.2) is 0 Å². The Morgan fingerprint density at radius 1 is 1.41 bits per heavy atom. The molecule has 0 aromatic heterocycles. The van der Waals surface area contributed by atoms with Gasteiger partial charge in [-0.15, -0.1) is 11.6 Å². The minimum absolute atomic E-state index is 0.0480. The molecule has 0 spiro atoms. The Kier molecular flexibility index (Phi) is 2.62. The third-order valence-corrected chi connectivity index (χ3v) is 4.64. The number of carbonyl (C=O) groups excluding carboxylic acids is 1. The van der Waals surface area contributed by atoms with E-state index in [9.17, 15) is 4.79 Å². The van der Waals surface area contributed by atoms with Crippen LogP contribution >= 0.6 is 11.6 Å². The number of hydrogen-bond acceptors (Lipinski definition) is 1. The number of fused-ring (bicyclic) bond motifs is 1. The maximum atomic E-state index is 12.2. The van der Waals surface area contributed by atoms with Crippen molar-refractivity contribution >= 4 is 17.5 Å². The molecule has 1 fully saturated rings. The molecule has 0 bridgehead atoms. The minimum Gasteiger partial charge on any atom is -0.349 e. The Labute approximate surface area is 106 Å². The molecule has 1 amide bonds. The molecule has 0 aliphatic heterocycles. The summed E-state index contributed by atoms with van der Waals surface area (Å²) in [6.45, 7) is 0. The Balaban J connectivity index is 1.69. The number of nitrogens with one attached hydrogen (secondary N) is 1. The molecule has 2 aliphatic carbocycles. The lowest BCUT2D eigenvalue weighted by Gasteiger charge is -2.43. The minimum atomic E-state index is -0.108. The fourth-order valence-corrected chi connectivity index (χ4v) is 3.07. The second-order valence-corrected chi connectivity index (χ2v) is 5.48. The number of halogens is 1. The van der Waals surface area contributed by atoms with Gasteiger partial charge >= 0.3 is 0 Å². The van der Waals surface area contributed by atoms with Gasteiger partial charge in [-0.2, -0.15) is 0 Å². The number of alkyl halides is 1. The second-order valence-electron chi connectivity index (χ2n) is 5.21. The first-order valence-electron chi connectivity index (χ1n) is 6.20. The molecule has 3 rings (SSSR count). The predicted molar refractivity (Wildman–Crippen MR) is 68.3 cm³/mol. The van der Waals surface area contributed by atoms with Crippen LogP contribution in [0.4, 0.5) is 0 Å². The molecule has 90 valence electrons. The summed E-state index contributed by atoms with van der Waals surface area (Å²) in [5.74, 6) is 0.739. The number of rotatable bonds is 3. The van der Waals surface area contributed by atoms with Gasteiger partial charge in [-0.05, 0) is 36.8 Å². The molecule has 1 saturated carbocycles. The van der Waals surface area contributed by atoms with Crippen molar-refractivity contribution in [3.05, 3.63) is 35.4 Å². The van der Waals surface area contributed by atoms with E-state index in [0.717, 1.165) is 19.3 Å². The lowest BCUT2D eigenvalue weighted by molar-refractivity contribution is -0.125. The summed E-state index contributed by atoms with van der Waals surface area (Å²) >= 11 is 5.96. The van der Waals surface area contributed by atoms with E-state index in [-0.39, 0.29) is 17.4 Å². The Morgan fingerprint density at radius 3 is 2.76 bits per heavy atom. The van der Waals surface area contributed by atoms with Gasteiger partial charge in [0.2, 0.25) is 5.91 Å². The van der Waals surface area contributed by atoms with Crippen molar-refractivity contribution in [3.63, 3.8) is 0 Å². The molecule has 1 unspecified atom stereocenters. The van der Waals surface area contributed by atoms with E-state index in [1.807, 2.05) is 12.1 Å². The van der Waals surface area contributed by atoms with Gasteiger partial charge < -0.3 is 5.32 Å².